The summed E-state index contributed by atoms with van der Waals surface area (Å²) < 4.78 is 27.2. The fourth-order valence-electron chi connectivity index (χ4n) is 3.03. The van der Waals surface area contributed by atoms with Crippen LogP contribution in [0.25, 0.3) is 0 Å². The van der Waals surface area contributed by atoms with Crippen LogP contribution < -0.4 is 5.32 Å². The summed E-state index contributed by atoms with van der Waals surface area (Å²) in [5, 5.41) is 6.86. The first-order valence-corrected chi connectivity index (χ1v) is 9.22. The van der Waals surface area contributed by atoms with Crippen LogP contribution in [0.2, 0.25) is 0 Å². The van der Waals surface area contributed by atoms with E-state index in [-0.39, 0.29) is 30.8 Å². The Morgan fingerprint density at radius 3 is 2.68 bits per heavy atom. The Morgan fingerprint density at radius 1 is 1.25 bits per heavy atom. The summed E-state index contributed by atoms with van der Waals surface area (Å²) >= 11 is 0. The summed E-state index contributed by atoms with van der Waals surface area (Å²) in [6, 6.07) is 11.0. The number of nitrogens with zero attached hydrogens (tertiary/aromatic N) is 2. The van der Waals surface area contributed by atoms with Crippen molar-refractivity contribution in [1.29, 1.82) is 0 Å². The molecule has 2 aromatic rings. The summed E-state index contributed by atoms with van der Waals surface area (Å²) in [7, 11) is 0. The van der Waals surface area contributed by atoms with Gasteiger partial charge in [-0.3, -0.25) is 0 Å². The van der Waals surface area contributed by atoms with Crippen LogP contribution in [0.4, 0.5) is 13.6 Å². The van der Waals surface area contributed by atoms with E-state index in [4.69, 9.17) is 4.84 Å². The third-order valence-corrected chi connectivity index (χ3v) is 4.53. The number of halogens is 2. The van der Waals surface area contributed by atoms with Crippen molar-refractivity contribution in [2.75, 3.05) is 13.1 Å². The van der Waals surface area contributed by atoms with Crippen LogP contribution in [-0.2, 0) is 11.4 Å². The van der Waals surface area contributed by atoms with Crippen molar-refractivity contribution in [1.82, 2.24) is 10.2 Å². The fourth-order valence-corrected chi connectivity index (χ4v) is 3.03. The number of urea groups is 1. The number of rotatable bonds is 6. The molecule has 1 aliphatic heterocycles. The number of benzene rings is 2. The molecule has 0 radical (unpaired) electrons. The van der Waals surface area contributed by atoms with Crippen LogP contribution in [0.3, 0.4) is 0 Å². The quantitative estimate of drug-likeness (QED) is 0.815. The van der Waals surface area contributed by atoms with E-state index in [0.29, 0.717) is 13.0 Å². The van der Waals surface area contributed by atoms with Gasteiger partial charge in [-0.2, -0.15) is 0 Å². The fraction of sp³-hybridized carbons (Fsp3) is 0.333. The normalized spacial score (nSPS) is 15.7. The highest BCUT2D eigenvalue weighted by Crippen LogP contribution is 2.20. The van der Waals surface area contributed by atoms with Crippen LogP contribution in [0.15, 0.2) is 47.6 Å². The first kappa shape index (κ1) is 19.8. The van der Waals surface area contributed by atoms with Gasteiger partial charge in [0.1, 0.15) is 11.6 Å². The van der Waals surface area contributed by atoms with Gasteiger partial charge in [-0.1, -0.05) is 41.1 Å². The Kier molecular flexibility index (Phi) is 6.23. The molecule has 148 valence electrons. The minimum atomic E-state index is -0.682. The topological polar surface area (TPSA) is 53.9 Å². The molecular formula is C21H23F2N3O2. The molecule has 1 aliphatic rings. The molecule has 1 heterocycles. The Bertz CT molecular complexity index is 868. The number of hydrogen-bond donors (Lipinski definition) is 1. The molecular weight excluding hydrogens is 364 g/mol. The lowest BCUT2D eigenvalue weighted by molar-refractivity contribution is 0.0588. The summed E-state index contributed by atoms with van der Waals surface area (Å²) in [6.07, 6.45) is 0.215. The summed E-state index contributed by atoms with van der Waals surface area (Å²) in [5.74, 6) is -1.33. The number of carbonyl (C=O) groups excluding carboxylic acids is 1. The van der Waals surface area contributed by atoms with Gasteiger partial charge < -0.3 is 15.1 Å². The summed E-state index contributed by atoms with van der Waals surface area (Å²) in [6.45, 7) is 4.51. The van der Waals surface area contributed by atoms with E-state index in [1.54, 1.807) is 6.92 Å². The van der Waals surface area contributed by atoms with E-state index in [9.17, 15) is 13.6 Å². The predicted octanol–water partition coefficient (Wildman–Crippen LogP) is 4.00. The van der Waals surface area contributed by atoms with Crippen LogP contribution >= 0.6 is 0 Å². The number of aryl methyl sites for hydroxylation is 1. The molecule has 0 fully saturated rings. The Morgan fingerprint density at radius 2 is 2.00 bits per heavy atom. The zero-order valence-electron chi connectivity index (χ0n) is 15.9. The number of nitrogens with one attached hydrogen (secondary N) is 1. The van der Waals surface area contributed by atoms with Crippen molar-refractivity contribution < 1.29 is 18.4 Å². The SMILES string of the molecule is CCNC(=O)N(Cc1ccc(F)cc1F)CC1CC(c2ccc(C)cc2)=NO1. The van der Waals surface area contributed by atoms with Gasteiger partial charge in [-0.25, -0.2) is 13.6 Å². The van der Waals surface area contributed by atoms with Gasteiger partial charge >= 0.3 is 6.03 Å². The van der Waals surface area contributed by atoms with Crippen molar-refractivity contribution in [2.24, 2.45) is 5.16 Å². The number of oxime groups is 1. The molecule has 0 aromatic heterocycles. The van der Waals surface area contributed by atoms with Gasteiger partial charge in [0.15, 0.2) is 6.10 Å². The maximum absolute atomic E-state index is 14.0. The molecule has 1 atom stereocenters. The second kappa shape index (κ2) is 8.82. The lowest BCUT2D eigenvalue weighted by Crippen LogP contribution is -2.43. The smallest absolute Gasteiger partial charge is 0.317 e. The van der Waals surface area contributed by atoms with Gasteiger partial charge in [0, 0.05) is 24.6 Å². The molecule has 2 aromatic carbocycles. The Hall–Kier alpha value is -2.96. The van der Waals surface area contributed by atoms with E-state index < -0.39 is 11.6 Å². The largest absolute Gasteiger partial charge is 0.390 e. The van der Waals surface area contributed by atoms with Gasteiger partial charge in [0.2, 0.25) is 0 Å². The van der Waals surface area contributed by atoms with E-state index in [2.05, 4.69) is 10.5 Å². The summed E-state index contributed by atoms with van der Waals surface area (Å²) in [4.78, 5) is 19.4. The molecule has 2 amide bonds. The molecule has 0 spiro atoms. The molecule has 0 aliphatic carbocycles. The van der Waals surface area contributed by atoms with Crippen LogP contribution in [0.1, 0.15) is 30.0 Å². The highest BCUT2D eigenvalue weighted by molar-refractivity contribution is 6.01. The number of amides is 2. The van der Waals surface area contributed by atoms with E-state index >= 15 is 0 Å². The zero-order chi connectivity index (χ0) is 20.1. The Labute approximate surface area is 163 Å². The standard InChI is InChI=1S/C21H23F2N3O2/c1-3-24-21(27)26(12-16-8-9-17(22)10-19(16)23)13-18-11-20(25-28-18)15-6-4-14(2)5-7-15/h4-10,18H,3,11-13H2,1-2H3,(H,24,27). The molecule has 0 saturated carbocycles. The number of carbonyl (C=O) groups is 1. The molecule has 28 heavy (non-hydrogen) atoms. The zero-order valence-corrected chi connectivity index (χ0v) is 15.9. The molecule has 5 nitrogen and oxygen atoms in total. The molecule has 1 unspecified atom stereocenters. The minimum absolute atomic E-state index is 0.0116. The maximum Gasteiger partial charge on any atom is 0.317 e. The second-order valence-electron chi connectivity index (χ2n) is 6.79. The molecule has 0 saturated heterocycles. The van der Waals surface area contributed by atoms with Crippen LogP contribution in [0.5, 0.6) is 0 Å². The van der Waals surface area contributed by atoms with E-state index in [1.807, 2.05) is 31.2 Å². The lowest BCUT2D eigenvalue weighted by Gasteiger charge is -2.25. The first-order chi connectivity index (χ1) is 13.5. The van der Waals surface area contributed by atoms with Gasteiger partial charge in [0.05, 0.1) is 18.8 Å². The maximum atomic E-state index is 14.0. The highest BCUT2D eigenvalue weighted by atomic mass is 19.1. The predicted molar refractivity (Wildman–Crippen MR) is 103 cm³/mol. The third kappa shape index (κ3) is 4.85. The highest BCUT2D eigenvalue weighted by Gasteiger charge is 2.27. The van der Waals surface area contributed by atoms with Crippen LogP contribution in [-0.4, -0.2) is 35.8 Å². The van der Waals surface area contributed by atoms with Crippen molar-refractivity contribution in [3.8, 4) is 0 Å². The lowest BCUT2D eigenvalue weighted by atomic mass is 10.0. The Balaban J connectivity index is 1.68. The van der Waals surface area contributed by atoms with Crippen LogP contribution in [0, 0.1) is 18.6 Å². The molecule has 3 rings (SSSR count). The van der Waals surface area contributed by atoms with Crippen molar-refractivity contribution in [2.45, 2.75) is 32.9 Å². The first-order valence-electron chi connectivity index (χ1n) is 9.22. The van der Waals surface area contributed by atoms with E-state index in [1.165, 1.54) is 17.0 Å². The number of hydrogen-bond acceptors (Lipinski definition) is 3. The van der Waals surface area contributed by atoms with E-state index in [0.717, 1.165) is 22.9 Å². The van der Waals surface area contributed by atoms with Gasteiger partial charge in [0.25, 0.3) is 0 Å². The van der Waals surface area contributed by atoms with Crippen molar-refractivity contribution >= 4 is 11.7 Å². The van der Waals surface area contributed by atoms with Gasteiger partial charge in [-0.15, -0.1) is 0 Å². The minimum Gasteiger partial charge on any atom is -0.390 e. The molecule has 0 bridgehead atoms. The van der Waals surface area contributed by atoms with Crippen molar-refractivity contribution in [3.63, 3.8) is 0 Å². The average molecular weight is 387 g/mol. The monoisotopic (exact) mass is 387 g/mol. The molecule has 7 heteroatoms. The second-order valence-corrected chi connectivity index (χ2v) is 6.79. The summed E-state index contributed by atoms with van der Waals surface area (Å²) in [5.41, 5.74) is 3.19. The molecule has 1 N–H and O–H groups in total. The van der Waals surface area contributed by atoms with Gasteiger partial charge in [-0.05, 0) is 25.5 Å². The van der Waals surface area contributed by atoms with Crippen molar-refractivity contribution in [3.05, 3.63) is 70.8 Å². The third-order valence-electron chi connectivity index (χ3n) is 4.53. The average Bonchev–Trinajstić information content (AvgIpc) is 3.12.